The van der Waals surface area contributed by atoms with Gasteiger partial charge < -0.3 is 9.84 Å². The summed E-state index contributed by atoms with van der Waals surface area (Å²) in [6, 6.07) is 0. The van der Waals surface area contributed by atoms with Crippen LogP contribution in [0.1, 0.15) is 32.1 Å². The average molecular weight is 437 g/mol. The van der Waals surface area contributed by atoms with Gasteiger partial charge >= 0.3 is 11.9 Å². The summed E-state index contributed by atoms with van der Waals surface area (Å²) < 4.78 is 4.11. The molecule has 1 aliphatic rings. The molecular formula is C10H13Br3O4. The molecule has 1 unspecified atom stereocenters. The summed E-state index contributed by atoms with van der Waals surface area (Å²) >= 11 is 9.18. The van der Waals surface area contributed by atoms with Crippen molar-refractivity contribution < 1.29 is 19.4 Å². The summed E-state index contributed by atoms with van der Waals surface area (Å²) in [7, 11) is 0. The molecule has 7 heteroatoms. The van der Waals surface area contributed by atoms with Crippen molar-refractivity contribution in [1.29, 1.82) is 0 Å². The van der Waals surface area contributed by atoms with Crippen molar-refractivity contribution >= 4 is 59.7 Å². The number of carboxylic acid groups (broad SMARTS) is 1. The van der Waals surface area contributed by atoms with Crippen LogP contribution < -0.4 is 0 Å². The zero-order valence-corrected chi connectivity index (χ0v) is 13.8. The second-order valence-electron chi connectivity index (χ2n) is 4.08. The molecule has 1 rings (SSSR count). The third kappa shape index (κ3) is 5.26. The molecule has 0 amide bonds. The summed E-state index contributed by atoms with van der Waals surface area (Å²) in [5, 5.41) is 8.83. The minimum absolute atomic E-state index is 0.139. The van der Waals surface area contributed by atoms with Crippen molar-refractivity contribution in [3.05, 3.63) is 0 Å². The van der Waals surface area contributed by atoms with Gasteiger partial charge in [-0.05, 0) is 66.5 Å². The standard InChI is InChI=1S/C10H13Br3O4/c11-10(12,13)9(16)17-7(5-8(14)15)6-3-1-2-4-6/h6-7H,1-5H2,(H,14,15). The quantitative estimate of drug-likeness (QED) is 0.542. The van der Waals surface area contributed by atoms with E-state index in [1.807, 2.05) is 0 Å². The lowest BCUT2D eigenvalue weighted by Crippen LogP contribution is -2.32. The Morgan fingerprint density at radius 1 is 1.29 bits per heavy atom. The van der Waals surface area contributed by atoms with Crippen LogP contribution in [0, 0.1) is 5.92 Å². The van der Waals surface area contributed by atoms with Crippen molar-refractivity contribution in [3.8, 4) is 0 Å². The molecule has 1 aliphatic carbocycles. The average Bonchev–Trinajstić information content (AvgIpc) is 2.66. The zero-order chi connectivity index (χ0) is 13.1. The minimum Gasteiger partial charge on any atom is -0.481 e. The molecular weight excluding hydrogens is 424 g/mol. The Bertz CT molecular complexity index is 294. The van der Waals surface area contributed by atoms with E-state index in [0.29, 0.717) is 0 Å². The van der Waals surface area contributed by atoms with Gasteiger partial charge in [-0.15, -0.1) is 0 Å². The predicted octanol–water partition coefficient (Wildman–Crippen LogP) is 3.40. The van der Waals surface area contributed by atoms with E-state index in [1.165, 1.54) is 0 Å². The van der Waals surface area contributed by atoms with Crippen LogP contribution in [0.2, 0.25) is 0 Å². The van der Waals surface area contributed by atoms with Gasteiger partial charge in [-0.2, -0.15) is 0 Å². The Labute approximate surface area is 125 Å². The molecule has 0 aromatic rings. The van der Waals surface area contributed by atoms with E-state index in [9.17, 15) is 9.59 Å². The van der Waals surface area contributed by atoms with Crippen molar-refractivity contribution in [2.45, 2.75) is 40.4 Å². The Hall–Kier alpha value is 0.380. The first-order chi connectivity index (χ1) is 7.80. The van der Waals surface area contributed by atoms with Gasteiger partial charge in [0.25, 0.3) is 0 Å². The van der Waals surface area contributed by atoms with Crippen molar-refractivity contribution in [2.75, 3.05) is 0 Å². The largest absolute Gasteiger partial charge is 0.481 e. The van der Waals surface area contributed by atoms with Gasteiger partial charge in [0.05, 0.1) is 6.42 Å². The monoisotopic (exact) mass is 434 g/mol. The molecule has 0 aromatic heterocycles. The third-order valence-corrected chi connectivity index (χ3v) is 3.76. The molecule has 4 nitrogen and oxygen atoms in total. The maximum absolute atomic E-state index is 11.7. The van der Waals surface area contributed by atoms with E-state index in [1.54, 1.807) is 0 Å². The van der Waals surface area contributed by atoms with Crippen molar-refractivity contribution in [3.63, 3.8) is 0 Å². The number of esters is 1. The van der Waals surface area contributed by atoms with Gasteiger partial charge in [0, 0.05) is 0 Å². The van der Waals surface area contributed by atoms with E-state index < -0.39 is 20.2 Å². The number of carbonyl (C=O) groups excluding carboxylic acids is 1. The van der Waals surface area contributed by atoms with Gasteiger partial charge in [-0.3, -0.25) is 4.79 Å². The van der Waals surface area contributed by atoms with Gasteiger partial charge in [-0.1, -0.05) is 12.8 Å². The lowest BCUT2D eigenvalue weighted by atomic mass is 9.98. The fourth-order valence-corrected chi connectivity index (χ4v) is 2.29. The number of hydrogen-bond donors (Lipinski definition) is 1. The topological polar surface area (TPSA) is 63.6 Å². The highest BCUT2D eigenvalue weighted by Gasteiger charge is 2.36. The zero-order valence-electron chi connectivity index (χ0n) is 9.00. The number of carboxylic acids is 1. The summed E-state index contributed by atoms with van der Waals surface area (Å²) in [4.78, 5) is 22.4. The normalized spacial score (nSPS) is 19.0. The molecule has 17 heavy (non-hydrogen) atoms. The smallest absolute Gasteiger partial charge is 0.345 e. The van der Waals surface area contributed by atoms with Crippen molar-refractivity contribution in [1.82, 2.24) is 0 Å². The molecule has 1 N–H and O–H groups in total. The molecule has 0 saturated heterocycles. The number of carbonyl (C=O) groups is 2. The van der Waals surface area contributed by atoms with E-state index in [2.05, 4.69) is 47.8 Å². The number of halogens is 3. The minimum atomic E-state index is -1.14. The van der Waals surface area contributed by atoms with Crippen LogP contribution in [0.25, 0.3) is 0 Å². The van der Waals surface area contributed by atoms with Gasteiger partial charge in [0.15, 0.2) is 0 Å². The number of hydrogen-bond acceptors (Lipinski definition) is 3. The van der Waals surface area contributed by atoms with E-state index in [0.717, 1.165) is 25.7 Å². The van der Waals surface area contributed by atoms with Crippen LogP contribution >= 0.6 is 47.8 Å². The predicted molar refractivity (Wildman–Crippen MR) is 73.6 cm³/mol. The Morgan fingerprint density at radius 2 is 1.82 bits per heavy atom. The van der Waals surface area contributed by atoms with Crippen LogP contribution in [-0.4, -0.2) is 25.3 Å². The van der Waals surface area contributed by atoms with Gasteiger partial charge in [0.2, 0.25) is 2.14 Å². The van der Waals surface area contributed by atoms with E-state index >= 15 is 0 Å². The van der Waals surface area contributed by atoms with Crippen LogP contribution in [0.15, 0.2) is 0 Å². The molecule has 1 fully saturated rings. The second kappa shape index (κ2) is 6.52. The van der Waals surface area contributed by atoms with Crippen LogP contribution in [0.5, 0.6) is 0 Å². The fraction of sp³-hybridized carbons (Fsp3) is 0.800. The van der Waals surface area contributed by atoms with E-state index in [4.69, 9.17) is 9.84 Å². The number of aliphatic carboxylic acids is 1. The molecule has 98 valence electrons. The van der Waals surface area contributed by atoms with E-state index in [-0.39, 0.29) is 12.3 Å². The summed E-state index contributed by atoms with van der Waals surface area (Å²) in [6.07, 6.45) is 3.30. The SMILES string of the molecule is O=C(O)CC(OC(=O)C(Br)(Br)Br)C1CCCC1. The first-order valence-corrected chi connectivity index (χ1v) is 7.68. The number of ether oxygens (including phenoxy) is 1. The van der Waals surface area contributed by atoms with Crippen LogP contribution in [0.4, 0.5) is 0 Å². The third-order valence-electron chi connectivity index (χ3n) is 2.79. The highest BCUT2D eigenvalue weighted by Crippen LogP contribution is 2.37. The molecule has 0 aromatic carbocycles. The van der Waals surface area contributed by atoms with Gasteiger partial charge in [-0.25, -0.2) is 4.79 Å². The number of rotatable bonds is 4. The number of alkyl halides is 3. The lowest BCUT2D eigenvalue weighted by molar-refractivity contribution is -0.154. The highest BCUT2D eigenvalue weighted by atomic mass is 80.0. The molecule has 1 saturated carbocycles. The molecule has 0 radical (unpaired) electrons. The Kier molecular flexibility index (Phi) is 5.92. The molecule has 0 heterocycles. The summed E-state index contributed by atoms with van der Waals surface area (Å²) in [5.74, 6) is -1.35. The summed E-state index contributed by atoms with van der Waals surface area (Å²) in [5.41, 5.74) is 0. The second-order valence-corrected chi connectivity index (χ2v) is 10.8. The Morgan fingerprint density at radius 3 is 2.24 bits per heavy atom. The molecule has 0 spiro atoms. The Balaban J connectivity index is 2.63. The van der Waals surface area contributed by atoms with Gasteiger partial charge in [0.1, 0.15) is 6.10 Å². The maximum Gasteiger partial charge on any atom is 0.345 e. The lowest BCUT2D eigenvalue weighted by Gasteiger charge is -2.24. The maximum atomic E-state index is 11.7. The van der Waals surface area contributed by atoms with Crippen LogP contribution in [-0.2, 0) is 14.3 Å². The fourth-order valence-electron chi connectivity index (χ4n) is 2.01. The first-order valence-electron chi connectivity index (χ1n) is 5.30. The molecule has 0 aliphatic heterocycles. The van der Waals surface area contributed by atoms with Crippen molar-refractivity contribution in [2.24, 2.45) is 5.92 Å². The highest BCUT2D eigenvalue weighted by molar-refractivity contribution is 9.40. The summed E-state index contributed by atoms with van der Waals surface area (Å²) in [6.45, 7) is 0. The first kappa shape index (κ1) is 15.4. The molecule has 0 bridgehead atoms. The van der Waals surface area contributed by atoms with Crippen LogP contribution in [0.3, 0.4) is 0 Å². The molecule has 1 atom stereocenters.